The number of carbonyl (C=O) groups is 1. The average molecular weight is 215 g/mol. The van der Waals surface area contributed by atoms with E-state index in [2.05, 4.69) is 6.92 Å². The van der Waals surface area contributed by atoms with Crippen LogP contribution in [0, 0.1) is 6.92 Å². The van der Waals surface area contributed by atoms with Crippen molar-refractivity contribution in [3.8, 4) is 0 Å². The van der Waals surface area contributed by atoms with Crippen molar-refractivity contribution in [2.24, 2.45) is 0 Å². The highest BCUT2D eigenvalue weighted by Crippen LogP contribution is 2.12. The predicted octanol–water partition coefficient (Wildman–Crippen LogP) is 2.27. The number of amides is 1. The molecule has 0 aromatic heterocycles. The molecule has 0 saturated carbocycles. The zero-order chi connectivity index (χ0) is 12.1. The van der Waals surface area contributed by atoms with E-state index < -0.39 is 11.7 Å². The lowest BCUT2D eigenvalue weighted by Gasteiger charge is -2.28. The first kappa shape index (κ1) is 14.2. The van der Waals surface area contributed by atoms with Gasteiger partial charge in [0.15, 0.2) is 0 Å². The summed E-state index contributed by atoms with van der Waals surface area (Å²) in [5.74, 6) is 0. The van der Waals surface area contributed by atoms with Crippen LogP contribution in [0.1, 0.15) is 33.6 Å². The molecule has 0 aliphatic carbocycles. The van der Waals surface area contributed by atoms with Crippen molar-refractivity contribution in [1.82, 2.24) is 4.90 Å². The molecule has 0 rings (SSSR count). The number of nitrogens with zero attached hydrogens (tertiary/aromatic N) is 1. The second kappa shape index (κ2) is 5.95. The maximum absolute atomic E-state index is 11.5. The van der Waals surface area contributed by atoms with Crippen LogP contribution in [0.25, 0.3) is 0 Å². The molecule has 1 unspecified atom stereocenters. The van der Waals surface area contributed by atoms with Gasteiger partial charge < -0.3 is 9.64 Å². The van der Waals surface area contributed by atoms with Crippen molar-refractivity contribution in [3.63, 3.8) is 0 Å². The molecule has 1 atom stereocenters. The van der Waals surface area contributed by atoms with Gasteiger partial charge in [0.2, 0.25) is 0 Å². The fraction of sp³-hybridized carbons (Fsp3) is 0.818. The Morgan fingerprint density at radius 3 is 2.40 bits per heavy atom. The molecule has 0 saturated heterocycles. The van der Waals surface area contributed by atoms with E-state index in [0.717, 1.165) is 0 Å². The highest BCUT2D eigenvalue weighted by atomic mass is 16.6. The van der Waals surface area contributed by atoms with E-state index in [1.807, 2.05) is 20.8 Å². The summed E-state index contributed by atoms with van der Waals surface area (Å²) >= 11 is 0. The molecule has 0 N–H and O–H groups in total. The maximum Gasteiger partial charge on any atom is 0.410 e. The topological polar surface area (TPSA) is 49.4 Å². The largest absolute Gasteiger partial charge is 0.444 e. The first-order valence-corrected chi connectivity index (χ1v) is 5.15. The molecular weight excluding hydrogens is 194 g/mol. The molecule has 0 heterocycles. The molecule has 0 aromatic rings. The van der Waals surface area contributed by atoms with Gasteiger partial charge in [0.05, 0.1) is 6.61 Å². The molecule has 0 aliphatic heterocycles. The Morgan fingerprint density at radius 2 is 2.00 bits per heavy atom. The van der Waals surface area contributed by atoms with Gasteiger partial charge >= 0.3 is 6.09 Å². The molecule has 15 heavy (non-hydrogen) atoms. The van der Waals surface area contributed by atoms with Gasteiger partial charge in [-0.15, -0.1) is 0 Å². The van der Waals surface area contributed by atoms with E-state index >= 15 is 0 Å². The molecule has 0 aromatic carbocycles. The van der Waals surface area contributed by atoms with Gasteiger partial charge in [-0.25, -0.2) is 9.90 Å². The lowest BCUT2D eigenvalue weighted by molar-refractivity contribution is 0.0241. The van der Waals surface area contributed by atoms with E-state index in [0.29, 0.717) is 12.8 Å². The standard InChI is InChI=1S/C11H21NO3/c1-9(7-6-8-13)12(5)10(14)15-11(2,3)4/h9H,1,6-8H2,2-5H3. The third-order valence-corrected chi connectivity index (χ3v) is 1.91. The smallest absolute Gasteiger partial charge is 0.410 e. The van der Waals surface area contributed by atoms with Crippen LogP contribution < -0.4 is 0 Å². The molecule has 0 fully saturated rings. The molecular formula is C11H21NO3. The van der Waals surface area contributed by atoms with Crippen molar-refractivity contribution in [2.75, 3.05) is 13.7 Å². The van der Waals surface area contributed by atoms with E-state index in [1.165, 1.54) is 4.90 Å². The van der Waals surface area contributed by atoms with Crippen LogP contribution in [0.4, 0.5) is 4.79 Å². The van der Waals surface area contributed by atoms with Gasteiger partial charge in [-0.1, -0.05) is 0 Å². The SMILES string of the molecule is [CH2]C(CCC[O])N(C)C(=O)OC(C)(C)C. The number of carbonyl (C=O) groups excluding carboxylic acids is 1. The minimum atomic E-state index is -0.496. The highest BCUT2D eigenvalue weighted by molar-refractivity contribution is 5.68. The van der Waals surface area contributed by atoms with Crippen LogP contribution in [0.15, 0.2) is 0 Å². The van der Waals surface area contributed by atoms with Gasteiger partial charge in [0, 0.05) is 13.1 Å². The Labute approximate surface area is 92.2 Å². The number of rotatable bonds is 4. The van der Waals surface area contributed by atoms with Gasteiger partial charge in [-0.3, -0.25) is 0 Å². The van der Waals surface area contributed by atoms with Crippen molar-refractivity contribution in [3.05, 3.63) is 6.92 Å². The molecule has 0 aliphatic rings. The van der Waals surface area contributed by atoms with Crippen LogP contribution in [0.2, 0.25) is 0 Å². The zero-order valence-corrected chi connectivity index (χ0v) is 10.1. The fourth-order valence-corrected chi connectivity index (χ4v) is 0.996. The Kier molecular flexibility index (Phi) is 5.65. The van der Waals surface area contributed by atoms with Crippen LogP contribution in [0.3, 0.4) is 0 Å². The first-order chi connectivity index (χ1) is 6.78. The lowest BCUT2D eigenvalue weighted by atomic mass is 10.1. The van der Waals surface area contributed by atoms with Crippen LogP contribution in [-0.2, 0) is 9.84 Å². The summed E-state index contributed by atoms with van der Waals surface area (Å²) in [6.45, 7) is 9.12. The summed E-state index contributed by atoms with van der Waals surface area (Å²) in [6, 6.07) is -0.200. The molecule has 88 valence electrons. The summed E-state index contributed by atoms with van der Waals surface area (Å²) in [6.07, 6.45) is 0.744. The maximum atomic E-state index is 11.5. The zero-order valence-electron chi connectivity index (χ0n) is 10.1. The highest BCUT2D eigenvalue weighted by Gasteiger charge is 2.22. The number of hydrogen-bond donors (Lipinski definition) is 0. The van der Waals surface area contributed by atoms with E-state index in [9.17, 15) is 9.90 Å². The summed E-state index contributed by atoms with van der Waals surface area (Å²) in [7, 11) is 1.64. The van der Waals surface area contributed by atoms with Crippen molar-refractivity contribution in [2.45, 2.75) is 45.3 Å². The fourth-order valence-electron chi connectivity index (χ4n) is 0.996. The molecule has 0 spiro atoms. The van der Waals surface area contributed by atoms with E-state index in [1.54, 1.807) is 7.05 Å². The van der Waals surface area contributed by atoms with Gasteiger partial charge in [-0.2, -0.15) is 0 Å². The predicted molar refractivity (Wildman–Crippen MR) is 57.9 cm³/mol. The number of hydrogen-bond acceptors (Lipinski definition) is 2. The normalized spacial score (nSPS) is 13.5. The molecule has 4 heteroatoms. The summed E-state index contributed by atoms with van der Waals surface area (Å²) in [4.78, 5) is 13.0. The Morgan fingerprint density at radius 1 is 1.47 bits per heavy atom. The lowest BCUT2D eigenvalue weighted by Crippen LogP contribution is -2.39. The molecule has 2 radical (unpaired) electrons. The van der Waals surface area contributed by atoms with Crippen molar-refractivity contribution >= 4 is 6.09 Å². The van der Waals surface area contributed by atoms with Gasteiger partial charge in [0.1, 0.15) is 5.60 Å². The summed E-state index contributed by atoms with van der Waals surface area (Å²) in [5, 5.41) is 10.3. The van der Waals surface area contributed by atoms with Gasteiger partial charge in [0.25, 0.3) is 0 Å². The van der Waals surface area contributed by atoms with E-state index in [4.69, 9.17) is 4.74 Å². The van der Waals surface area contributed by atoms with Crippen LogP contribution in [-0.4, -0.2) is 36.3 Å². The third-order valence-electron chi connectivity index (χ3n) is 1.91. The number of ether oxygens (including phenoxy) is 1. The Hall–Kier alpha value is -0.770. The second-order valence-corrected chi connectivity index (χ2v) is 4.59. The molecule has 4 nitrogen and oxygen atoms in total. The first-order valence-electron chi connectivity index (χ1n) is 5.15. The molecule has 1 amide bonds. The minimum Gasteiger partial charge on any atom is -0.444 e. The van der Waals surface area contributed by atoms with Gasteiger partial charge in [-0.05, 0) is 40.5 Å². The summed E-state index contributed by atoms with van der Waals surface area (Å²) in [5.41, 5.74) is -0.496. The Bertz CT molecular complexity index is 198. The van der Waals surface area contributed by atoms with Crippen LogP contribution in [0.5, 0.6) is 0 Å². The minimum absolute atomic E-state index is 0.131. The van der Waals surface area contributed by atoms with Crippen LogP contribution >= 0.6 is 0 Å². The molecule has 0 bridgehead atoms. The Balaban J connectivity index is 4.08. The second-order valence-electron chi connectivity index (χ2n) is 4.59. The van der Waals surface area contributed by atoms with Crippen molar-refractivity contribution in [1.29, 1.82) is 0 Å². The van der Waals surface area contributed by atoms with E-state index in [-0.39, 0.29) is 12.6 Å². The monoisotopic (exact) mass is 215 g/mol. The quantitative estimate of drug-likeness (QED) is 0.722. The van der Waals surface area contributed by atoms with Crippen molar-refractivity contribution < 1.29 is 14.6 Å². The average Bonchev–Trinajstić information content (AvgIpc) is 2.10. The summed E-state index contributed by atoms with van der Waals surface area (Å²) < 4.78 is 5.17. The third kappa shape index (κ3) is 6.33.